The zero-order valence-corrected chi connectivity index (χ0v) is 15.9. The second kappa shape index (κ2) is 11.9. The van der Waals surface area contributed by atoms with Crippen molar-refractivity contribution in [2.75, 3.05) is 33.4 Å². The van der Waals surface area contributed by atoms with Gasteiger partial charge in [0.1, 0.15) is 0 Å². The summed E-state index contributed by atoms with van der Waals surface area (Å²) < 4.78 is 5.36. The maximum absolute atomic E-state index is 5.36. The molecule has 136 valence electrons. The molecule has 0 radical (unpaired) electrons. The van der Waals surface area contributed by atoms with Crippen LogP contribution >= 0.6 is 0 Å². The maximum atomic E-state index is 5.36. The van der Waals surface area contributed by atoms with Gasteiger partial charge in [-0.15, -0.1) is 0 Å². The summed E-state index contributed by atoms with van der Waals surface area (Å²) in [5.74, 6) is 0.837. The smallest absolute Gasteiger partial charge is 0.191 e. The first kappa shape index (κ1) is 20.5. The zero-order valence-electron chi connectivity index (χ0n) is 15.9. The summed E-state index contributed by atoms with van der Waals surface area (Å²) in [7, 11) is 2.16. The van der Waals surface area contributed by atoms with E-state index in [1.165, 1.54) is 11.1 Å². The van der Waals surface area contributed by atoms with E-state index in [0.29, 0.717) is 19.2 Å². The summed E-state index contributed by atoms with van der Waals surface area (Å²) in [5.41, 5.74) is 2.61. The molecule has 2 N–H and O–H groups in total. The lowest BCUT2D eigenvalue weighted by molar-refractivity contribution is 0.152. The van der Waals surface area contributed by atoms with Crippen molar-refractivity contribution in [3.8, 4) is 0 Å². The van der Waals surface area contributed by atoms with Crippen LogP contribution in [0.3, 0.4) is 0 Å². The molecule has 0 aliphatic rings. The van der Waals surface area contributed by atoms with E-state index < -0.39 is 0 Å². The molecule has 0 amide bonds. The molecule has 1 aromatic rings. The van der Waals surface area contributed by atoms with Gasteiger partial charge in [-0.1, -0.05) is 24.3 Å². The van der Waals surface area contributed by atoms with Gasteiger partial charge in [0.2, 0.25) is 0 Å². The minimum atomic E-state index is 0.527. The number of rotatable bonds is 10. The van der Waals surface area contributed by atoms with E-state index >= 15 is 0 Å². The molecule has 0 atom stereocenters. The van der Waals surface area contributed by atoms with Gasteiger partial charge in [0.05, 0.1) is 13.2 Å². The Kier molecular flexibility index (Phi) is 10.1. The molecule has 0 aliphatic carbocycles. The Labute approximate surface area is 147 Å². The molecular weight excluding hydrogens is 300 g/mol. The maximum Gasteiger partial charge on any atom is 0.191 e. The van der Waals surface area contributed by atoms with Gasteiger partial charge >= 0.3 is 0 Å². The molecule has 0 unspecified atom stereocenters. The van der Waals surface area contributed by atoms with E-state index in [1.54, 1.807) is 0 Å². The SMILES string of the molecule is CCNC(=NCc1ccccc1CN(C)C(C)C)NCCOCC. The summed E-state index contributed by atoms with van der Waals surface area (Å²) in [6.07, 6.45) is 0. The molecule has 5 nitrogen and oxygen atoms in total. The van der Waals surface area contributed by atoms with E-state index in [-0.39, 0.29) is 0 Å². The Balaban J connectivity index is 2.70. The first-order valence-corrected chi connectivity index (χ1v) is 8.95. The van der Waals surface area contributed by atoms with Crippen LogP contribution in [0.2, 0.25) is 0 Å². The van der Waals surface area contributed by atoms with Gasteiger partial charge in [0.25, 0.3) is 0 Å². The first-order valence-electron chi connectivity index (χ1n) is 8.95. The quantitative estimate of drug-likeness (QED) is 0.392. The average Bonchev–Trinajstić information content (AvgIpc) is 2.57. The predicted octanol–water partition coefficient (Wildman–Crippen LogP) is 2.62. The van der Waals surface area contributed by atoms with Crippen molar-refractivity contribution in [3.05, 3.63) is 35.4 Å². The fourth-order valence-electron chi connectivity index (χ4n) is 2.21. The second-order valence-electron chi connectivity index (χ2n) is 6.10. The molecule has 0 fully saturated rings. The molecule has 0 heterocycles. The average molecular weight is 335 g/mol. The lowest BCUT2D eigenvalue weighted by atomic mass is 10.1. The number of nitrogens with zero attached hydrogens (tertiary/aromatic N) is 2. The highest BCUT2D eigenvalue weighted by Gasteiger charge is 2.08. The molecule has 0 saturated carbocycles. The highest BCUT2D eigenvalue weighted by Crippen LogP contribution is 2.13. The normalized spacial score (nSPS) is 12.0. The number of hydrogen-bond donors (Lipinski definition) is 2. The number of nitrogens with one attached hydrogen (secondary N) is 2. The van der Waals surface area contributed by atoms with Gasteiger partial charge in [-0.2, -0.15) is 0 Å². The van der Waals surface area contributed by atoms with Crippen LogP contribution in [0.15, 0.2) is 29.3 Å². The second-order valence-corrected chi connectivity index (χ2v) is 6.10. The minimum absolute atomic E-state index is 0.527. The summed E-state index contributed by atoms with van der Waals surface area (Å²) in [6, 6.07) is 9.07. The Hall–Kier alpha value is -1.59. The molecular formula is C19H34N4O. The molecule has 24 heavy (non-hydrogen) atoms. The van der Waals surface area contributed by atoms with E-state index in [2.05, 4.69) is 67.6 Å². The van der Waals surface area contributed by atoms with Crippen molar-refractivity contribution in [2.24, 2.45) is 4.99 Å². The Morgan fingerprint density at radius 3 is 2.50 bits per heavy atom. The van der Waals surface area contributed by atoms with E-state index in [4.69, 9.17) is 9.73 Å². The van der Waals surface area contributed by atoms with Crippen molar-refractivity contribution in [1.29, 1.82) is 0 Å². The van der Waals surface area contributed by atoms with E-state index in [1.807, 2.05) is 6.92 Å². The van der Waals surface area contributed by atoms with Crippen molar-refractivity contribution < 1.29 is 4.74 Å². The van der Waals surface area contributed by atoms with Crippen molar-refractivity contribution in [2.45, 2.75) is 46.8 Å². The Morgan fingerprint density at radius 2 is 1.88 bits per heavy atom. The molecule has 1 aromatic carbocycles. The van der Waals surface area contributed by atoms with Gasteiger partial charge in [-0.05, 0) is 45.9 Å². The standard InChI is InChI=1S/C19H34N4O/c1-6-20-19(21-12-13-24-7-2)22-14-17-10-8-9-11-18(17)15-23(5)16(3)4/h8-11,16H,6-7,12-15H2,1-5H3,(H2,20,21,22). The third-order valence-electron chi connectivity index (χ3n) is 3.91. The fraction of sp³-hybridized carbons (Fsp3) is 0.632. The van der Waals surface area contributed by atoms with Crippen molar-refractivity contribution >= 4 is 5.96 Å². The number of hydrogen-bond acceptors (Lipinski definition) is 3. The lowest BCUT2D eigenvalue weighted by Gasteiger charge is -2.22. The molecule has 0 spiro atoms. The van der Waals surface area contributed by atoms with Gasteiger partial charge in [0, 0.05) is 32.3 Å². The number of benzene rings is 1. The van der Waals surface area contributed by atoms with Crippen LogP contribution in [0.4, 0.5) is 0 Å². The zero-order chi connectivity index (χ0) is 17.8. The monoisotopic (exact) mass is 334 g/mol. The molecule has 0 bridgehead atoms. The van der Waals surface area contributed by atoms with Gasteiger partial charge in [-0.3, -0.25) is 4.90 Å². The van der Waals surface area contributed by atoms with E-state index in [9.17, 15) is 0 Å². The summed E-state index contributed by atoms with van der Waals surface area (Å²) in [6.45, 7) is 13.2. The van der Waals surface area contributed by atoms with Crippen LogP contribution in [0.25, 0.3) is 0 Å². The number of ether oxygens (including phenoxy) is 1. The van der Waals surface area contributed by atoms with Crippen LogP contribution < -0.4 is 10.6 Å². The van der Waals surface area contributed by atoms with E-state index in [0.717, 1.165) is 32.2 Å². The van der Waals surface area contributed by atoms with Crippen LogP contribution in [-0.2, 0) is 17.8 Å². The molecule has 1 rings (SSSR count). The first-order chi connectivity index (χ1) is 11.6. The highest BCUT2D eigenvalue weighted by molar-refractivity contribution is 5.79. The Morgan fingerprint density at radius 1 is 1.17 bits per heavy atom. The van der Waals surface area contributed by atoms with Gasteiger partial charge < -0.3 is 15.4 Å². The van der Waals surface area contributed by atoms with Crippen LogP contribution in [0, 0.1) is 0 Å². The van der Waals surface area contributed by atoms with Crippen LogP contribution in [-0.4, -0.2) is 50.3 Å². The molecule has 0 aromatic heterocycles. The summed E-state index contributed by atoms with van der Waals surface area (Å²) in [4.78, 5) is 7.06. The third kappa shape index (κ3) is 7.79. The van der Waals surface area contributed by atoms with Crippen LogP contribution in [0.1, 0.15) is 38.8 Å². The van der Waals surface area contributed by atoms with Crippen molar-refractivity contribution in [3.63, 3.8) is 0 Å². The largest absolute Gasteiger partial charge is 0.380 e. The fourth-order valence-corrected chi connectivity index (χ4v) is 2.21. The summed E-state index contributed by atoms with van der Waals surface area (Å²) in [5, 5.41) is 6.59. The molecule has 0 aliphatic heterocycles. The minimum Gasteiger partial charge on any atom is -0.380 e. The van der Waals surface area contributed by atoms with Crippen molar-refractivity contribution in [1.82, 2.24) is 15.5 Å². The highest BCUT2D eigenvalue weighted by atomic mass is 16.5. The third-order valence-corrected chi connectivity index (χ3v) is 3.91. The van der Waals surface area contributed by atoms with Gasteiger partial charge in [0.15, 0.2) is 5.96 Å². The lowest BCUT2D eigenvalue weighted by Crippen LogP contribution is -2.39. The predicted molar refractivity (Wildman–Crippen MR) is 102 cm³/mol. The van der Waals surface area contributed by atoms with Gasteiger partial charge in [-0.25, -0.2) is 4.99 Å². The number of aliphatic imine (C=N–C) groups is 1. The Bertz CT molecular complexity index is 488. The molecule has 0 saturated heterocycles. The molecule has 5 heteroatoms. The topological polar surface area (TPSA) is 48.9 Å². The van der Waals surface area contributed by atoms with Crippen LogP contribution in [0.5, 0.6) is 0 Å². The summed E-state index contributed by atoms with van der Waals surface area (Å²) >= 11 is 0. The number of guanidine groups is 1.